The Morgan fingerprint density at radius 1 is 1.19 bits per heavy atom. The summed E-state index contributed by atoms with van der Waals surface area (Å²) in [5.74, 6) is -0.420. The highest BCUT2D eigenvalue weighted by Gasteiger charge is 2.06. The van der Waals surface area contributed by atoms with Gasteiger partial charge in [-0.3, -0.25) is 9.69 Å². The molecule has 0 atom stereocenters. The summed E-state index contributed by atoms with van der Waals surface area (Å²) >= 11 is 0. The standard InChI is InChI=1S/C9H19NO6/c1-10(6-9(13)16-5-3-12)7-15-8-14-4-2-11/h11-12H,2-8H2,1H3. The van der Waals surface area contributed by atoms with Crippen molar-refractivity contribution in [2.75, 3.05) is 53.5 Å². The van der Waals surface area contributed by atoms with E-state index in [0.29, 0.717) is 0 Å². The van der Waals surface area contributed by atoms with E-state index >= 15 is 0 Å². The lowest BCUT2D eigenvalue weighted by molar-refractivity contribution is -0.148. The molecule has 0 amide bonds. The topological polar surface area (TPSA) is 88.5 Å². The molecule has 2 N–H and O–H groups in total. The van der Waals surface area contributed by atoms with E-state index in [0.717, 1.165) is 0 Å². The van der Waals surface area contributed by atoms with Gasteiger partial charge in [0.2, 0.25) is 0 Å². The van der Waals surface area contributed by atoms with Gasteiger partial charge in [-0.1, -0.05) is 0 Å². The molecule has 0 fully saturated rings. The Kier molecular flexibility index (Phi) is 10.3. The molecule has 0 aromatic carbocycles. The van der Waals surface area contributed by atoms with Crippen molar-refractivity contribution in [3.05, 3.63) is 0 Å². The van der Waals surface area contributed by atoms with E-state index in [4.69, 9.17) is 19.7 Å². The van der Waals surface area contributed by atoms with Crippen LogP contribution < -0.4 is 0 Å². The van der Waals surface area contributed by atoms with Gasteiger partial charge in [-0.25, -0.2) is 0 Å². The van der Waals surface area contributed by atoms with E-state index < -0.39 is 5.97 Å². The van der Waals surface area contributed by atoms with Crippen molar-refractivity contribution < 1.29 is 29.2 Å². The highest BCUT2D eigenvalue weighted by Crippen LogP contribution is 1.88. The summed E-state index contributed by atoms with van der Waals surface area (Å²) in [6.45, 7) is 0.374. The minimum Gasteiger partial charge on any atom is -0.462 e. The molecule has 16 heavy (non-hydrogen) atoms. The first-order valence-electron chi connectivity index (χ1n) is 4.92. The third-order valence-corrected chi connectivity index (χ3v) is 1.47. The fourth-order valence-corrected chi connectivity index (χ4v) is 0.847. The monoisotopic (exact) mass is 237 g/mol. The quantitative estimate of drug-likeness (QED) is 0.268. The van der Waals surface area contributed by atoms with Gasteiger partial charge in [0.1, 0.15) is 20.1 Å². The van der Waals surface area contributed by atoms with E-state index in [9.17, 15) is 4.79 Å². The zero-order chi connectivity index (χ0) is 12.2. The Balaban J connectivity index is 3.35. The summed E-state index contributed by atoms with van der Waals surface area (Å²) in [6.07, 6.45) is 0. The molecule has 0 heterocycles. The summed E-state index contributed by atoms with van der Waals surface area (Å²) in [5, 5.41) is 16.8. The van der Waals surface area contributed by atoms with E-state index in [1.165, 1.54) is 0 Å². The van der Waals surface area contributed by atoms with Crippen LogP contribution in [0, 0.1) is 0 Å². The van der Waals surface area contributed by atoms with Gasteiger partial charge in [-0.05, 0) is 7.05 Å². The lowest BCUT2D eigenvalue weighted by Crippen LogP contribution is -2.30. The Hall–Kier alpha value is -0.730. The maximum absolute atomic E-state index is 11.1. The molecular weight excluding hydrogens is 218 g/mol. The zero-order valence-electron chi connectivity index (χ0n) is 9.42. The molecule has 0 aliphatic rings. The van der Waals surface area contributed by atoms with Gasteiger partial charge >= 0.3 is 5.97 Å². The average Bonchev–Trinajstić information content (AvgIpc) is 2.26. The molecular formula is C9H19NO6. The Bertz CT molecular complexity index is 177. The van der Waals surface area contributed by atoms with Gasteiger partial charge in [0.15, 0.2) is 0 Å². The number of ether oxygens (including phenoxy) is 3. The number of likely N-dealkylation sites (N-methyl/N-ethyl adjacent to an activating group) is 1. The average molecular weight is 237 g/mol. The van der Waals surface area contributed by atoms with Crippen molar-refractivity contribution >= 4 is 5.97 Å². The second kappa shape index (κ2) is 10.8. The van der Waals surface area contributed by atoms with Crippen LogP contribution in [0.4, 0.5) is 0 Å². The zero-order valence-corrected chi connectivity index (χ0v) is 9.42. The minimum atomic E-state index is -0.420. The SMILES string of the molecule is CN(COCOCCO)CC(=O)OCCO. The van der Waals surface area contributed by atoms with E-state index in [-0.39, 0.29) is 46.5 Å². The maximum Gasteiger partial charge on any atom is 0.320 e. The van der Waals surface area contributed by atoms with Crippen LogP contribution in [0.3, 0.4) is 0 Å². The van der Waals surface area contributed by atoms with Crippen LogP contribution >= 0.6 is 0 Å². The summed E-state index contributed by atoms with van der Waals surface area (Å²) in [7, 11) is 1.69. The van der Waals surface area contributed by atoms with Crippen LogP contribution in [0.15, 0.2) is 0 Å². The van der Waals surface area contributed by atoms with Gasteiger partial charge in [0.25, 0.3) is 0 Å². The first-order valence-corrected chi connectivity index (χ1v) is 4.92. The van der Waals surface area contributed by atoms with Crippen molar-refractivity contribution in [3.63, 3.8) is 0 Å². The highest BCUT2D eigenvalue weighted by molar-refractivity contribution is 5.71. The Morgan fingerprint density at radius 2 is 1.88 bits per heavy atom. The number of hydrogen-bond acceptors (Lipinski definition) is 7. The number of esters is 1. The molecule has 0 rings (SSSR count). The number of rotatable bonds is 10. The lowest BCUT2D eigenvalue weighted by atomic mass is 10.6. The number of aliphatic hydroxyl groups is 2. The number of aliphatic hydroxyl groups excluding tert-OH is 2. The second-order valence-electron chi connectivity index (χ2n) is 3.04. The number of carbonyl (C=O) groups excluding carboxylic acids is 1. The molecule has 0 aromatic rings. The summed E-state index contributed by atoms with van der Waals surface area (Å²) in [4.78, 5) is 12.7. The van der Waals surface area contributed by atoms with Gasteiger partial charge in [0, 0.05) is 0 Å². The largest absolute Gasteiger partial charge is 0.462 e. The molecule has 0 aliphatic carbocycles. The van der Waals surface area contributed by atoms with E-state index in [1.54, 1.807) is 11.9 Å². The highest BCUT2D eigenvalue weighted by atomic mass is 16.7. The van der Waals surface area contributed by atoms with Crippen molar-refractivity contribution in [1.82, 2.24) is 4.90 Å². The molecule has 0 bridgehead atoms. The van der Waals surface area contributed by atoms with Crippen molar-refractivity contribution in [1.29, 1.82) is 0 Å². The van der Waals surface area contributed by atoms with Crippen molar-refractivity contribution in [2.45, 2.75) is 0 Å². The van der Waals surface area contributed by atoms with Gasteiger partial charge in [-0.2, -0.15) is 0 Å². The minimum absolute atomic E-state index is 0.00708. The summed E-state index contributed by atoms with van der Waals surface area (Å²) < 4.78 is 14.5. The van der Waals surface area contributed by atoms with Crippen LogP contribution in [0.25, 0.3) is 0 Å². The third kappa shape index (κ3) is 9.81. The van der Waals surface area contributed by atoms with Crippen LogP contribution in [0.5, 0.6) is 0 Å². The first kappa shape index (κ1) is 15.3. The normalized spacial score (nSPS) is 10.8. The molecule has 0 saturated heterocycles. The molecule has 0 radical (unpaired) electrons. The molecule has 7 nitrogen and oxygen atoms in total. The molecule has 7 heteroatoms. The van der Waals surface area contributed by atoms with E-state index in [2.05, 4.69) is 4.74 Å². The molecule has 0 unspecified atom stereocenters. The number of nitrogens with zero attached hydrogens (tertiary/aromatic N) is 1. The Morgan fingerprint density at radius 3 is 2.50 bits per heavy atom. The predicted octanol–water partition coefficient (Wildman–Crippen LogP) is -1.61. The van der Waals surface area contributed by atoms with E-state index in [1.807, 2.05) is 0 Å². The lowest BCUT2D eigenvalue weighted by Gasteiger charge is -2.15. The molecule has 96 valence electrons. The van der Waals surface area contributed by atoms with Crippen LogP contribution in [-0.2, 0) is 19.0 Å². The fourth-order valence-electron chi connectivity index (χ4n) is 0.847. The molecule has 0 aromatic heterocycles. The maximum atomic E-state index is 11.1. The molecule has 0 saturated carbocycles. The number of hydrogen-bond donors (Lipinski definition) is 2. The smallest absolute Gasteiger partial charge is 0.320 e. The first-order chi connectivity index (χ1) is 7.70. The number of carbonyl (C=O) groups is 1. The van der Waals surface area contributed by atoms with Crippen LogP contribution in [-0.4, -0.2) is 74.6 Å². The molecule has 0 aliphatic heterocycles. The predicted molar refractivity (Wildman–Crippen MR) is 54.5 cm³/mol. The van der Waals surface area contributed by atoms with Crippen molar-refractivity contribution in [3.8, 4) is 0 Å². The Labute approximate surface area is 94.5 Å². The van der Waals surface area contributed by atoms with Crippen LogP contribution in [0.2, 0.25) is 0 Å². The summed E-state index contributed by atoms with van der Waals surface area (Å²) in [5.41, 5.74) is 0. The third-order valence-electron chi connectivity index (χ3n) is 1.47. The fraction of sp³-hybridized carbons (Fsp3) is 0.889. The summed E-state index contributed by atoms with van der Waals surface area (Å²) in [6, 6.07) is 0. The van der Waals surface area contributed by atoms with Gasteiger partial charge < -0.3 is 24.4 Å². The van der Waals surface area contributed by atoms with Gasteiger partial charge in [-0.15, -0.1) is 0 Å². The molecule has 0 spiro atoms. The second-order valence-corrected chi connectivity index (χ2v) is 3.04. The van der Waals surface area contributed by atoms with Gasteiger partial charge in [0.05, 0.1) is 26.4 Å². The van der Waals surface area contributed by atoms with Crippen molar-refractivity contribution in [2.24, 2.45) is 0 Å². The van der Waals surface area contributed by atoms with Crippen LogP contribution in [0.1, 0.15) is 0 Å².